The fraction of sp³-hybridized carbons (Fsp3) is 0.902. The van der Waals surface area contributed by atoms with Gasteiger partial charge in [-0.1, -0.05) is 218 Å². The van der Waals surface area contributed by atoms with Crippen LogP contribution in [-0.4, -0.2) is 68.5 Å². The summed E-state index contributed by atoms with van der Waals surface area (Å²) in [5.74, 6) is -0.200. The van der Waals surface area contributed by atoms with Crippen molar-refractivity contribution in [3.05, 3.63) is 24.3 Å². The molecule has 0 saturated heterocycles. The number of phosphoric acid groups is 1. The molecule has 3 unspecified atom stereocenters. The molecule has 0 aromatic heterocycles. The Morgan fingerprint density at radius 1 is 0.567 bits per heavy atom. The molecule has 0 saturated carbocycles. The number of likely N-dealkylation sites (N-methyl/N-ethyl adjacent to an activating group) is 1. The fourth-order valence-corrected chi connectivity index (χ4v) is 8.28. The highest BCUT2D eigenvalue weighted by Gasteiger charge is 2.23. The summed E-state index contributed by atoms with van der Waals surface area (Å²) in [4.78, 5) is 25.4. The van der Waals surface area contributed by atoms with E-state index >= 15 is 0 Å². The number of allylic oxidation sites excluding steroid dienone is 3. The summed E-state index contributed by atoms with van der Waals surface area (Å²) in [7, 11) is 1.27. The number of quaternary nitrogens is 1. The maximum Gasteiger partial charge on any atom is 0.268 e. The summed E-state index contributed by atoms with van der Waals surface area (Å²) in [5.41, 5.74) is 0. The highest BCUT2D eigenvalue weighted by Crippen LogP contribution is 2.38. The number of amides is 1. The Morgan fingerprint density at radius 3 is 1.30 bits per heavy atom. The zero-order valence-electron chi connectivity index (χ0n) is 40.4. The maximum absolute atomic E-state index is 12.9. The van der Waals surface area contributed by atoms with Crippen molar-refractivity contribution in [1.29, 1.82) is 0 Å². The van der Waals surface area contributed by atoms with Gasteiger partial charge in [0.2, 0.25) is 5.91 Å². The van der Waals surface area contributed by atoms with E-state index in [0.29, 0.717) is 17.4 Å². The monoisotopic (exact) mass is 869 g/mol. The lowest BCUT2D eigenvalue weighted by molar-refractivity contribution is -0.870. The number of carbonyl (C=O) groups excluding carboxylic acids is 1. The van der Waals surface area contributed by atoms with Gasteiger partial charge in [0, 0.05) is 6.42 Å². The summed E-state index contributed by atoms with van der Waals surface area (Å²) < 4.78 is 23.3. The molecule has 0 aliphatic rings. The van der Waals surface area contributed by atoms with E-state index in [1.54, 1.807) is 6.08 Å². The molecule has 0 bridgehead atoms. The van der Waals surface area contributed by atoms with E-state index in [4.69, 9.17) is 9.05 Å². The predicted molar refractivity (Wildman–Crippen MR) is 256 cm³/mol. The van der Waals surface area contributed by atoms with E-state index in [-0.39, 0.29) is 19.1 Å². The summed E-state index contributed by atoms with van der Waals surface area (Å²) in [6, 6.07) is -0.886. The Balaban J connectivity index is 4.31. The first-order chi connectivity index (χ1) is 29.0. The number of carbonyl (C=O) groups is 1. The van der Waals surface area contributed by atoms with Crippen LogP contribution in [0.4, 0.5) is 0 Å². The predicted octanol–water partition coefficient (Wildman–Crippen LogP) is 14.2. The number of rotatable bonds is 47. The van der Waals surface area contributed by atoms with E-state index in [0.717, 1.165) is 38.5 Å². The SMILES string of the molecule is CCCCCCCCC/C=C\CCCCCCCCCC(=O)NC(COP(=O)([O-])OCC[N+](C)(C)C)C(O)/C=C/CCCCCCCCCCCCCCCCCCCC. The van der Waals surface area contributed by atoms with Crippen molar-refractivity contribution in [1.82, 2.24) is 5.32 Å². The smallest absolute Gasteiger partial charge is 0.268 e. The first-order valence-corrected chi connectivity index (χ1v) is 27.2. The third kappa shape index (κ3) is 45.0. The number of phosphoric ester groups is 1. The molecule has 8 nitrogen and oxygen atoms in total. The first kappa shape index (κ1) is 59.0. The molecule has 60 heavy (non-hydrogen) atoms. The van der Waals surface area contributed by atoms with Crippen LogP contribution >= 0.6 is 7.82 Å². The van der Waals surface area contributed by atoms with Crippen molar-refractivity contribution in [3.63, 3.8) is 0 Å². The zero-order chi connectivity index (χ0) is 44.3. The summed E-state index contributed by atoms with van der Waals surface area (Å²) in [6.45, 7) is 4.67. The van der Waals surface area contributed by atoms with E-state index in [1.165, 1.54) is 186 Å². The minimum absolute atomic E-state index is 0.000430. The van der Waals surface area contributed by atoms with Gasteiger partial charge in [-0.2, -0.15) is 0 Å². The second-order valence-corrected chi connectivity index (χ2v) is 20.3. The molecule has 0 radical (unpaired) electrons. The third-order valence-corrected chi connectivity index (χ3v) is 12.6. The molecule has 0 fully saturated rings. The highest BCUT2D eigenvalue weighted by atomic mass is 31.2. The van der Waals surface area contributed by atoms with Gasteiger partial charge < -0.3 is 28.8 Å². The zero-order valence-corrected chi connectivity index (χ0v) is 41.3. The molecule has 0 rings (SSSR count). The summed E-state index contributed by atoms with van der Waals surface area (Å²) >= 11 is 0. The van der Waals surface area contributed by atoms with Crippen molar-refractivity contribution >= 4 is 13.7 Å². The van der Waals surface area contributed by atoms with Crippen LogP contribution in [0.25, 0.3) is 0 Å². The number of nitrogens with one attached hydrogen (secondary N) is 1. The van der Waals surface area contributed by atoms with Crippen LogP contribution in [0.5, 0.6) is 0 Å². The van der Waals surface area contributed by atoms with E-state index in [2.05, 4.69) is 31.3 Å². The van der Waals surface area contributed by atoms with Gasteiger partial charge in [-0.25, -0.2) is 0 Å². The molecule has 0 aromatic rings. The van der Waals surface area contributed by atoms with Gasteiger partial charge in [0.25, 0.3) is 7.82 Å². The lowest BCUT2D eigenvalue weighted by Gasteiger charge is -2.29. The normalized spacial score (nSPS) is 14.3. The van der Waals surface area contributed by atoms with E-state index in [9.17, 15) is 19.4 Å². The molecule has 0 aliphatic heterocycles. The van der Waals surface area contributed by atoms with Crippen LogP contribution in [0.15, 0.2) is 24.3 Å². The van der Waals surface area contributed by atoms with Crippen molar-refractivity contribution in [2.45, 2.75) is 257 Å². The topological polar surface area (TPSA) is 108 Å². The Morgan fingerprint density at radius 2 is 0.917 bits per heavy atom. The second-order valence-electron chi connectivity index (χ2n) is 18.9. The largest absolute Gasteiger partial charge is 0.756 e. The summed E-state index contributed by atoms with van der Waals surface area (Å²) in [6.07, 6.45) is 52.3. The van der Waals surface area contributed by atoms with E-state index in [1.807, 2.05) is 27.2 Å². The molecule has 3 atom stereocenters. The van der Waals surface area contributed by atoms with Crippen molar-refractivity contribution in [3.8, 4) is 0 Å². The van der Waals surface area contributed by atoms with Crippen molar-refractivity contribution in [2.24, 2.45) is 0 Å². The molecule has 2 N–H and O–H groups in total. The van der Waals surface area contributed by atoms with Crippen LogP contribution < -0.4 is 10.2 Å². The Hall–Kier alpha value is -1.02. The number of aliphatic hydroxyl groups is 1. The third-order valence-electron chi connectivity index (χ3n) is 11.7. The van der Waals surface area contributed by atoms with Crippen molar-refractivity contribution in [2.75, 3.05) is 40.9 Å². The van der Waals surface area contributed by atoms with Gasteiger partial charge in [0.1, 0.15) is 13.2 Å². The van der Waals surface area contributed by atoms with E-state index < -0.39 is 20.0 Å². The fourth-order valence-electron chi connectivity index (χ4n) is 7.56. The average molecular weight is 869 g/mol. The average Bonchev–Trinajstić information content (AvgIpc) is 3.20. The van der Waals surface area contributed by atoms with Gasteiger partial charge in [-0.3, -0.25) is 9.36 Å². The second kappa shape index (κ2) is 43.2. The number of nitrogens with zero attached hydrogens (tertiary/aromatic N) is 1. The van der Waals surface area contributed by atoms with Gasteiger partial charge in [-0.15, -0.1) is 0 Å². The Labute approximate surface area is 373 Å². The maximum atomic E-state index is 12.9. The molecular formula is C51H101N2O6P. The molecule has 0 aliphatic carbocycles. The Bertz CT molecular complexity index is 1030. The highest BCUT2D eigenvalue weighted by molar-refractivity contribution is 7.45. The molecular weight excluding hydrogens is 768 g/mol. The van der Waals surface area contributed by atoms with Crippen molar-refractivity contribution < 1.29 is 32.9 Å². The number of hydrogen-bond acceptors (Lipinski definition) is 6. The van der Waals surface area contributed by atoms with Gasteiger partial charge >= 0.3 is 0 Å². The molecule has 0 spiro atoms. The minimum Gasteiger partial charge on any atom is -0.756 e. The minimum atomic E-state index is -4.59. The number of aliphatic hydroxyl groups excluding tert-OH is 1. The quantitative estimate of drug-likeness (QED) is 0.0273. The van der Waals surface area contributed by atoms with Crippen LogP contribution in [0.3, 0.4) is 0 Å². The lowest BCUT2D eigenvalue weighted by atomic mass is 10.0. The van der Waals surface area contributed by atoms with Crippen LogP contribution in [-0.2, 0) is 18.4 Å². The Kier molecular flexibility index (Phi) is 42.5. The van der Waals surface area contributed by atoms with Crippen LogP contribution in [0.1, 0.15) is 245 Å². The molecule has 1 amide bonds. The molecule has 9 heteroatoms. The molecule has 0 aromatic carbocycles. The number of hydrogen-bond donors (Lipinski definition) is 2. The molecule has 0 heterocycles. The van der Waals surface area contributed by atoms with Gasteiger partial charge in [0.15, 0.2) is 0 Å². The molecule has 356 valence electrons. The number of unbranched alkanes of at least 4 members (excludes halogenated alkanes) is 32. The lowest BCUT2D eigenvalue weighted by Crippen LogP contribution is -2.45. The van der Waals surface area contributed by atoms with Gasteiger partial charge in [0.05, 0.1) is 39.9 Å². The summed E-state index contributed by atoms with van der Waals surface area (Å²) in [5, 5.41) is 13.8. The van der Waals surface area contributed by atoms with Crippen LogP contribution in [0, 0.1) is 0 Å². The van der Waals surface area contributed by atoms with Crippen LogP contribution in [0.2, 0.25) is 0 Å². The standard InChI is InChI=1S/C51H101N2O6P/c1-6-8-10-12-14-16-18-20-22-24-26-27-28-30-32-34-36-38-40-42-44-50(54)49(48-59-60(56,57)58-47-46-53(3,4)5)52-51(55)45-43-41-39-37-35-33-31-29-25-23-21-19-17-15-13-11-9-7-2/h23,25,42,44,49-50,54H,6-22,24,26-41,43,45-48H2,1-5H3,(H-,52,55,56,57)/b25-23-,44-42+. The van der Waals surface area contributed by atoms with Gasteiger partial charge in [-0.05, 0) is 44.9 Å². The first-order valence-electron chi connectivity index (χ1n) is 25.7.